The van der Waals surface area contributed by atoms with Gasteiger partial charge >= 0.3 is 0 Å². The summed E-state index contributed by atoms with van der Waals surface area (Å²) in [6.07, 6.45) is 1.54. The number of benzene rings is 2. The molecule has 1 N–H and O–H groups in total. The SMILES string of the molecule is CCN(C(=O)c1cc(Nc2ccccc2F)ccn1)c1ccccc1. The molecular weight excluding hydrogens is 317 g/mol. The van der Waals surface area contributed by atoms with Crippen molar-refractivity contribution in [2.75, 3.05) is 16.8 Å². The van der Waals surface area contributed by atoms with Gasteiger partial charge in [-0.15, -0.1) is 0 Å². The van der Waals surface area contributed by atoms with E-state index in [1.807, 2.05) is 37.3 Å². The molecule has 0 saturated heterocycles. The van der Waals surface area contributed by atoms with Crippen LogP contribution in [-0.2, 0) is 0 Å². The Morgan fingerprint density at radius 2 is 1.80 bits per heavy atom. The Bertz CT molecular complexity index is 868. The molecule has 0 aliphatic carbocycles. The molecule has 0 saturated carbocycles. The van der Waals surface area contributed by atoms with Crippen LogP contribution in [0.4, 0.5) is 21.5 Å². The summed E-state index contributed by atoms with van der Waals surface area (Å²) in [4.78, 5) is 18.6. The summed E-state index contributed by atoms with van der Waals surface area (Å²) in [5, 5.41) is 2.98. The van der Waals surface area contributed by atoms with Gasteiger partial charge in [-0.1, -0.05) is 30.3 Å². The third-order valence-electron chi connectivity index (χ3n) is 3.76. The summed E-state index contributed by atoms with van der Waals surface area (Å²) in [5.41, 5.74) is 2.06. The molecule has 0 unspecified atom stereocenters. The van der Waals surface area contributed by atoms with Gasteiger partial charge in [0.05, 0.1) is 5.69 Å². The highest BCUT2D eigenvalue weighted by molar-refractivity contribution is 6.05. The second kappa shape index (κ2) is 7.57. The van der Waals surface area contributed by atoms with Gasteiger partial charge in [0.25, 0.3) is 5.91 Å². The van der Waals surface area contributed by atoms with E-state index in [2.05, 4.69) is 10.3 Å². The summed E-state index contributed by atoms with van der Waals surface area (Å²) in [6.45, 7) is 2.43. The standard InChI is InChI=1S/C20H18FN3O/c1-2-24(16-8-4-3-5-9-16)20(25)19-14-15(12-13-22-19)23-18-11-7-6-10-17(18)21/h3-14H,2H2,1H3,(H,22,23). The van der Waals surface area contributed by atoms with Crippen molar-refractivity contribution >= 4 is 23.0 Å². The van der Waals surface area contributed by atoms with Crippen molar-refractivity contribution in [3.05, 3.63) is 84.4 Å². The lowest BCUT2D eigenvalue weighted by atomic mass is 10.2. The lowest BCUT2D eigenvalue weighted by Crippen LogP contribution is -2.31. The zero-order chi connectivity index (χ0) is 17.6. The van der Waals surface area contributed by atoms with E-state index < -0.39 is 0 Å². The van der Waals surface area contributed by atoms with Crippen LogP contribution in [0.5, 0.6) is 0 Å². The van der Waals surface area contributed by atoms with E-state index in [9.17, 15) is 9.18 Å². The minimum absolute atomic E-state index is 0.203. The molecular formula is C20H18FN3O. The first-order valence-electron chi connectivity index (χ1n) is 8.03. The molecule has 5 heteroatoms. The third-order valence-corrected chi connectivity index (χ3v) is 3.76. The molecule has 1 heterocycles. The Morgan fingerprint density at radius 3 is 2.52 bits per heavy atom. The summed E-state index contributed by atoms with van der Waals surface area (Å²) in [7, 11) is 0. The number of halogens is 1. The molecule has 1 amide bonds. The zero-order valence-corrected chi connectivity index (χ0v) is 13.8. The normalized spacial score (nSPS) is 10.3. The fourth-order valence-electron chi connectivity index (χ4n) is 2.53. The second-order valence-corrected chi connectivity index (χ2v) is 5.42. The molecule has 25 heavy (non-hydrogen) atoms. The van der Waals surface area contributed by atoms with Crippen LogP contribution in [0.3, 0.4) is 0 Å². The fourth-order valence-corrected chi connectivity index (χ4v) is 2.53. The number of aromatic nitrogens is 1. The van der Waals surface area contributed by atoms with Crippen LogP contribution in [0.1, 0.15) is 17.4 Å². The molecule has 3 aromatic rings. The number of hydrogen-bond acceptors (Lipinski definition) is 3. The van der Waals surface area contributed by atoms with Gasteiger partial charge in [-0.2, -0.15) is 0 Å². The number of rotatable bonds is 5. The highest BCUT2D eigenvalue weighted by Gasteiger charge is 2.17. The molecule has 0 atom stereocenters. The van der Waals surface area contributed by atoms with E-state index in [-0.39, 0.29) is 11.7 Å². The van der Waals surface area contributed by atoms with Crippen molar-refractivity contribution in [2.24, 2.45) is 0 Å². The monoisotopic (exact) mass is 335 g/mol. The Labute approximate surface area is 145 Å². The van der Waals surface area contributed by atoms with Crippen molar-refractivity contribution in [1.82, 2.24) is 4.98 Å². The lowest BCUT2D eigenvalue weighted by molar-refractivity contribution is 0.0983. The van der Waals surface area contributed by atoms with Crippen LogP contribution in [0.15, 0.2) is 72.9 Å². The average molecular weight is 335 g/mol. The van der Waals surface area contributed by atoms with Crippen LogP contribution in [-0.4, -0.2) is 17.4 Å². The Morgan fingerprint density at radius 1 is 1.08 bits per heavy atom. The Kier molecular flexibility index (Phi) is 5.04. The number of anilines is 3. The van der Waals surface area contributed by atoms with E-state index in [1.54, 1.807) is 35.2 Å². The van der Waals surface area contributed by atoms with Crippen molar-refractivity contribution in [1.29, 1.82) is 0 Å². The molecule has 2 aromatic carbocycles. The fraction of sp³-hybridized carbons (Fsp3) is 0.100. The number of hydrogen-bond donors (Lipinski definition) is 1. The van der Waals surface area contributed by atoms with Gasteiger partial charge in [0, 0.05) is 24.1 Å². The zero-order valence-electron chi connectivity index (χ0n) is 13.8. The summed E-state index contributed by atoms with van der Waals surface area (Å²) in [6, 6.07) is 19.1. The molecule has 0 bridgehead atoms. The van der Waals surface area contributed by atoms with Gasteiger partial charge in [-0.3, -0.25) is 9.78 Å². The van der Waals surface area contributed by atoms with Crippen molar-refractivity contribution in [3.8, 4) is 0 Å². The number of para-hydroxylation sites is 2. The van der Waals surface area contributed by atoms with E-state index in [0.717, 1.165) is 5.69 Å². The maximum absolute atomic E-state index is 13.8. The van der Waals surface area contributed by atoms with E-state index in [4.69, 9.17) is 0 Å². The largest absolute Gasteiger partial charge is 0.353 e. The first kappa shape index (κ1) is 16.6. The van der Waals surface area contributed by atoms with Crippen LogP contribution in [0, 0.1) is 5.82 Å². The van der Waals surface area contributed by atoms with Crippen LogP contribution >= 0.6 is 0 Å². The minimum atomic E-state index is -0.355. The molecule has 1 aromatic heterocycles. The van der Waals surface area contributed by atoms with Crippen molar-refractivity contribution in [3.63, 3.8) is 0 Å². The van der Waals surface area contributed by atoms with Crippen molar-refractivity contribution < 1.29 is 9.18 Å². The number of nitrogens with zero attached hydrogens (tertiary/aromatic N) is 2. The summed E-state index contributed by atoms with van der Waals surface area (Å²) < 4.78 is 13.8. The molecule has 4 nitrogen and oxygen atoms in total. The number of amides is 1. The maximum Gasteiger partial charge on any atom is 0.276 e. The Hall–Kier alpha value is -3.21. The molecule has 0 aliphatic heterocycles. The van der Waals surface area contributed by atoms with Gasteiger partial charge in [0.1, 0.15) is 11.5 Å². The second-order valence-electron chi connectivity index (χ2n) is 5.42. The maximum atomic E-state index is 13.8. The lowest BCUT2D eigenvalue weighted by Gasteiger charge is -2.20. The number of carbonyl (C=O) groups is 1. The summed E-state index contributed by atoms with van der Waals surface area (Å²) >= 11 is 0. The van der Waals surface area contributed by atoms with Gasteiger partial charge in [-0.05, 0) is 43.3 Å². The van der Waals surface area contributed by atoms with Gasteiger partial charge in [0.15, 0.2) is 0 Å². The highest BCUT2D eigenvalue weighted by atomic mass is 19.1. The first-order chi connectivity index (χ1) is 12.2. The number of nitrogens with one attached hydrogen (secondary N) is 1. The Balaban J connectivity index is 1.85. The minimum Gasteiger partial charge on any atom is -0.353 e. The predicted octanol–water partition coefficient (Wildman–Crippen LogP) is 4.63. The average Bonchev–Trinajstić information content (AvgIpc) is 2.65. The van der Waals surface area contributed by atoms with E-state index in [0.29, 0.717) is 23.6 Å². The third kappa shape index (κ3) is 3.83. The molecule has 0 spiro atoms. The number of pyridine rings is 1. The topological polar surface area (TPSA) is 45.2 Å². The van der Waals surface area contributed by atoms with Crippen LogP contribution in [0.2, 0.25) is 0 Å². The van der Waals surface area contributed by atoms with Gasteiger partial charge < -0.3 is 10.2 Å². The smallest absolute Gasteiger partial charge is 0.276 e. The number of carbonyl (C=O) groups excluding carboxylic acids is 1. The van der Waals surface area contributed by atoms with Crippen molar-refractivity contribution in [2.45, 2.75) is 6.92 Å². The van der Waals surface area contributed by atoms with E-state index >= 15 is 0 Å². The van der Waals surface area contributed by atoms with E-state index in [1.165, 1.54) is 12.3 Å². The van der Waals surface area contributed by atoms with Gasteiger partial charge in [0.2, 0.25) is 0 Å². The quantitative estimate of drug-likeness (QED) is 0.739. The molecule has 0 fully saturated rings. The first-order valence-corrected chi connectivity index (χ1v) is 8.03. The predicted molar refractivity (Wildman–Crippen MR) is 97.7 cm³/mol. The summed E-state index contributed by atoms with van der Waals surface area (Å²) in [5.74, 6) is -0.558. The van der Waals surface area contributed by atoms with Crippen LogP contribution < -0.4 is 10.2 Å². The molecule has 3 rings (SSSR count). The molecule has 0 aliphatic rings. The molecule has 0 radical (unpaired) electrons. The van der Waals surface area contributed by atoms with Crippen LogP contribution in [0.25, 0.3) is 0 Å². The highest BCUT2D eigenvalue weighted by Crippen LogP contribution is 2.21. The van der Waals surface area contributed by atoms with Gasteiger partial charge in [-0.25, -0.2) is 4.39 Å². The molecule has 126 valence electrons.